The third-order valence-corrected chi connectivity index (χ3v) is 6.32. The normalized spacial score (nSPS) is 16.1. The molecule has 0 N–H and O–H groups in total. The molecule has 1 aliphatic rings. The Morgan fingerprint density at radius 1 is 0.971 bits per heavy atom. The second-order valence-electron chi connectivity index (χ2n) is 8.78. The van der Waals surface area contributed by atoms with Gasteiger partial charge in [-0.05, 0) is 55.2 Å². The van der Waals surface area contributed by atoms with Crippen molar-refractivity contribution in [1.82, 2.24) is 4.90 Å². The van der Waals surface area contributed by atoms with Gasteiger partial charge in [-0.2, -0.15) is 0 Å². The predicted octanol–water partition coefficient (Wildman–Crippen LogP) is 5.98. The summed E-state index contributed by atoms with van der Waals surface area (Å²) in [5.74, 6) is -1.22. The van der Waals surface area contributed by atoms with Crippen LogP contribution in [0.5, 0.6) is 0 Å². The van der Waals surface area contributed by atoms with E-state index in [9.17, 15) is 14.0 Å². The third kappa shape index (κ3) is 5.09. The number of amides is 1. The van der Waals surface area contributed by atoms with Gasteiger partial charge in [0.25, 0.3) is 0 Å². The Morgan fingerprint density at radius 3 is 2.38 bits per heavy atom. The average Bonchev–Trinajstić information content (AvgIpc) is 2.83. The van der Waals surface area contributed by atoms with Gasteiger partial charge in [0.1, 0.15) is 12.4 Å². The summed E-state index contributed by atoms with van der Waals surface area (Å²) in [6.45, 7) is 6.20. The van der Waals surface area contributed by atoms with Crippen LogP contribution in [0.3, 0.4) is 0 Å². The number of nitrogens with zero attached hydrogens (tertiary/aromatic N) is 1. The summed E-state index contributed by atoms with van der Waals surface area (Å²) in [4.78, 5) is 28.3. The molecule has 0 fully saturated rings. The molecular weight excluding hydrogens is 429 g/mol. The van der Waals surface area contributed by atoms with Gasteiger partial charge in [-0.3, -0.25) is 4.79 Å². The fraction of sp³-hybridized carbons (Fsp3) is 0.241. The van der Waals surface area contributed by atoms with Crippen molar-refractivity contribution in [1.29, 1.82) is 0 Å². The van der Waals surface area contributed by atoms with Crippen molar-refractivity contribution in [2.24, 2.45) is 0 Å². The zero-order valence-corrected chi connectivity index (χ0v) is 19.7. The number of ether oxygens (including phenoxy) is 1. The van der Waals surface area contributed by atoms with Crippen LogP contribution < -0.4 is 0 Å². The van der Waals surface area contributed by atoms with Gasteiger partial charge in [-0.25, -0.2) is 9.18 Å². The molecule has 0 bridgehead atoms. The van der Waals surface area contributed by atoms with E-state index < -0.39 is 5.97 Å². The lowest BCUT2D eigenvalue weighted by atomic mass is 9.81. The maximum absolute atomic E-state index is 13.4. The summed E-state index contributed by atoms with van der Waals surface area (Å²) in [5.41, 5.74) is 5.80. The number of hydrogen-bond acceptors (Lipinski definition) is 3. The molecule has 1 amide bonds. The van der Waals surface area contributed by atoms with E-state index in [4.69, 9.17) is 4.74 Å². The molecule has 3 aromatic rings. The minimum Gasteiger partial charge on any atom is -0.457 e. The van der Waals surface area contributed by atoms with Crippen LogP contribution in [0.4, 0.5) is 4.39 Å². The molecule has 0 aliphatic carbocycles. The average molecular weight is 458 g/mol. The van der Waals surface area contributed by atoms with Crippen LogP contribution in [-0.2, 0) is 27.5 Å². The first-order chi connectivity index (χ1) is 16.3. The molecule has 4 rings (SSSR count). The molecule has 1 unspecified atom stereocenters. The topological polar surface area (TPSA) is 46.6 Å². The van der Waals surface area contributed by atoms with Crippen molar-refractivity contribution < 1.29 is 18.7 Å². The van der Waals surface area contributed by atoms with Crippen molar-refractivity contribution >= 4 is 11.9 Å². The maximum atomic E-state index is 13.4. The summed E-state index contributed by atoms with van der Waals surface area (Å²) in [5, 5.41) is 0. The standard InChI is InChI=1S/C29H28FNO3/c1-19-9-10-20(2)25(15-19)26-16-27(32)31(17-22-11-13-24(30)14-12-22)21(3)28(26)29(33)34-18-23-7-5-4-6-8-23/h4-15,26H,16-18H2,1-3H3. The first-order valence-electron chi connectivity index (χ1n) is 11.4. The van der Waals surface area contributed by atoms with E-state index in [1.807, 2.05) is 62.4 Å². The highest BCUT2D eigenvalue weighted by Gasteiger charge is 2.37. The van der Waals surface area contributed by atoms with Gasteiger partial charge in [0, 0.05) is 18.0 Å². The fourth-order valence-electron chi connectivity index (χ4n) is 4.44. The highest BCUT2D eigenvalue weighted by Crippen LogP contribution is 2.39. The van der Waals surface area contributed by atoms with Crippen LogP contribution in [0.25, 0.3) is 0 Å². The number of aryl methyl sites for hydroxylation is 2. The van der Waals surface area contributed by atoms with Gasteiger partial charge >= 0.3 is 5.97 Å². The fourth-order valence-corrected chi connectivity index (χ4v) is 4.44. The largest absolute Gasteiger partial charge is 0.457 e. The molecule has 174 valence electrons. The number of rotatable bonds is 6. The Morgan fingerprint density at radius 2 is 1.68 bits per heavy atom. The maximum Gasteiger partial charge on any atom is 0.336 e. The molecule has 34 heavy (non-hydrogen) atoms. The zero-order chi connectivity index (χ0) is 24.2. The smallest absolute Gasteiger partial charge is 0.336 e. The first-order valence-corrected chi connectivity index (χ1v) is 11.4. The van der Waals surface area contributed by atoms with E-state index >= 15 is 0 Å². The molecular formula is C29H28FNO3. The van der Waals surface area contributed by atoms with Gasteiger partial charge in [0.05, 0.1) is 12.1 Å². The minimum absolute atomic E-state index is 0.0765. The SMILES string of the molecule is CC1=C(C(=O)OCc2ccccc2)C(c2cc(C)ccc2C)CC(=O)N1Cc1ccc(F)cc1. The lowest BCUT2D eigenvalue weighted by molar-refractivity contribution is -0.141. The van der Waals surface area contributed by atoms with Crippen molar-refractivity contribution in [2.75, 3.05) is 0 Å². The number of halogens is 1. The molecule has 3 aromatic carbocycles. The Hall–Kier alpha value is -3.73. The lowest BCUT2D eigenvalue weighted by Gasteiger charge is -2.35. The molecule has 1 aliphatic heterocycles. The Kier molecular flexibility index (Phi) is 6.92. The highest BCUT2D eigenvalue weighted by atomic mass is 19.1. The molecule has 0 saturated heterocycles. The summed E-state index contributed by atoms with van der Waals surface area (Å²) in [7, 11) is 0. The van der Waals surface area contributed by atoms with Gasteiger partial charge in [-0.1, -0.05) is 66.2 Å². The van der Waals surface area contributed by atoms with E-state index in [-0.39, 0.29) is 37.2 Å². The van der Waals surface area contributed by atoms with Gasteiger partial charge in [0.2, 0.25) is 5.91 Å². The Balaban J connectivity index is 1.71. The Labute approximate surface area is 199 Å². The first kappa shape index (κ1) is 23.4. The number of hydrogen-bond donors (Lipinski definition) is 0. The van der Waals surface area contributed by atoms with Crippen LogP contribution >= 0.6 is 0 Å². The molecule has 0 spiro atoms. The van der Waals surface area contributed by atoms with Crippen molar-refractivity contribution in [2.45, 2.75) is 46.3 Å². The molecule has 5 heteroatoms. The van der Waals surface area contributed by atoms with Gasteiger partial charge in [0.15, 0.2) is 0 Å². The van der Waals surface area contributed by atoms with Gasteiger partial charge < -0.3 is 9.64 Å². The van der Waals surface area contributed by atoms with E-state index in [0.717, 1.165) is 27.8 Å². The van der Waals surface area contributed by atoms with E-state index in [1.165, 1.54) is 12.1 Å². The van der Waals surface area contributed by atoms with E-state index in [1.54, 1.807) is 24.0 Å². The predicted molar refractivity (Wildman–Crippen MR) is 129 cm³/mol. The monoisotopic (exact) mass is 457 g/mol. The molecule has 1 heterocycles. The summed E-state index contributed by atoms with van der Waals surface area (Å²) >= 11 is 0. The van der Waals surface area contributed by atoms with Crippen molar-refractivity contribution in [3.05, 3.63) is 118 Å². The minimum atomic E-state index is -0.427. The van der Waals surface area contributed by atoms with Crippen LogP contribution in [0.2, 0.25) is 0 Å². The second kappa shape index (κ2) is 10.0. The Bertz CT molecular complexity index is 1230. The second-order valence-corrected chi connectivity index (χ2v) is 8.78. The number of carbonyl (C=O) groups is 2. The van der Waals surface area contributed by atoms with E-state index in [0.29, 0.717) is 11.3 Å². The summed E-state index contributed by atoms with van der Waals surface area (Å²) < 4.78 is 19.1. The third-order valence-electron chi connectivity index (χ3n) is 6.32. The molecule has 0 aromatic heterocycles. The number of esters is 1. The van der Waals surface area contributed by atoms with Crippen LogP contribution in [0, 0.1) is 19.7 Å². The number of benzene rings is 3. The van der Waals surface area contributed by atoms with Crippen molar-refractivity contribution in [3.63, 3.8) is 0 Å². The van der Waals surface area contributed by atoms with E-state index in [2.05, 4.69) is 0 Å². The lowest BCUT2D eigenvalue weighted by Crippen LogP contribution is -2.38. The summed E-state index contributed by atoms with van der Waals surface area (Å²) in [6, 6.07) is 21.6. The molecule has 1 atom stereocenters. The van der Waals surface area contributed by atoms with Gasteiger partial charge in [-0.15, -0.1) is 0 Å². The van der Waals surface area contributed by atoms with Crippen LogP contribution in [0.15, 0.2) is 84.1 Å². The molecule has 0 saturated carbocycles. The number of carbonyl (C=O) groups excluding carboxylic acids is 2. The van der Waals surface area contributed by atoms with Crippen LogP contribution in [0.1, 0.15) is 47.1 Å². The highest BCUT2D eigenvalue weighted by molar-refractivity contribution is 5.96. The van der Waals surface area contributed by atoms with Crippen LogP contribution in [-0.4, -0.2) is 16.8 Å². The molecule has 0 radical (unpaired) electrons. The zero-order valence-electron chi connectivity index (χ0n) is 19.7. The van der Waals surface area contributed by atoms with Crippen molar-refractivity contribution in [3.8, 4) is 0 Å². The summed E-state index contributed by atoms with van der Waals surface area (Å²) in [6.07, 6.45) is 0.165. The molecule has 4 nitrogen and oxygen atoms in total. The quantitative estimate of drug-likeness (QED) is 0.428. The number of allylic oxidation sites excluding steroid dienone is 1.